The van der Waals surface area contributed by atoms with E-state index in [0.29, 0.717) is 21.1 Å². The van der Waals surface area contributed by atoms with E-state index in [-0.39, 0.29) is 23.8 Å². The van der Waals surface area contributed by atoms with Crippen LogP contribution in [0.2, 0.25) is 0 Å². The molecular weight excluding hydrogens is 420 g/mol. The summed E-state index contributed by atoms with van der Waals surface area (Å²) in [5.74, 6) is -1.19. The van der Waals surface area contributed by atoms with Gasteiger partial charge in [0.15, 0.2) is 0 Å². The van der Waals surface area contributed by atoms with E-state index in [1.54, 1.807) is 6.92 Å². The molecule has 0 aliphatic rings. The molecule has 0 fully saturated rings. The van der Waals surface area contributed by atoms with Crippen LogP contribution in [0, 0.1) is 20.8 Å². The van der Waals surface area contributed by atoms with Gasteiger partial charge in [-0.2, -0.15) is 0 Å². The van der Waals surface area contributed by atoms with E-state index in [0.717, 1.165) is 27.3 Å². The number of ether oxygens (including phenoxy) is 1. The minimum atomic E-state index is -0.596. The van der Waals surface area contributed by atoms with Crippen molar-refractivity contribution in [1.82, 2.24) is 0 Å². The Morgan fingerprint density at radius 1 is 1.07 bits per heavy atom. The second kappa shape index (κ2) is 9.23. The smallest absolute Gasteiger partial charge is 0.341 e. The molecule has 2 heterocycles. The number of methoxy groups -OCH3 is 1. The second-order valence-electron chi connectivity index (χ2n) is 6.83. The fourth-order valence-corrected chi connectivity index (χ4v) is 4.77. The van der Waals surface area contributed by atoms with Gasteiger partial charge in [-0.3, -0.25) is 9.59 Å². The van der Waals surface area contributed by atoms with E-state index in [1.807, 2.05) is 49.6 Å². The molecule has 0 aliphatic carbocycles. The molecule has 2 amide bonds. The number of carbonyl (C=O) groups excluding carboxylic acids is 3. The predicted molar refractivity (Wildman–Crippen MR) is 121 cm³/mol. The van der Waals surface area contributed by atoms with Crippen molar-refractivity contribution in [2.75, 3.05) is 17.7 Å². The van der Waals surface area contributed by atoms with Crippen LogP contribution in [0.15, 0.2) is 35.7 Å². The third-order valence-electron chi connectivity index (χ3n) is 4.55. The van der Waals surface area contributed by atoms with Gasteiger partial charge in [0.2, 0.25) is 5.91 Å². The van der Waals surface area contributed by atoms with Crippen molar-refractivity contribution in [3.05, 3.63) is 67.7 Å². The zero-order valence-corrected chi connectivity index (χ0v) is 18.8. The first-order valence-electron chi connectivity index (χ1n) is 9.22. The average molecular weight is 443 g/mol. The van der Waals surface area contributed by atoms with Crippen molar-refractivity contribution in [3.8, 4) is 0 Å². The molecule has 2 aromatic heterocycles. The Kier molecular flexibility index (Phi) is 6.69. The molecule has 3 rings (SSSR count). The molecule has 0 unspecified atom stereocenters. The first kappa shape index (κ1) is 21.7. The van der Waals surface area contributed by atoms with Gasteiger partial charge in [0, 0.05) is 10.6 Å². The first-order valence-corrected chi connectivity index (χ1v) is 10.9. The number of nitrogens with one attached hydrogen (secondary N) is 2. The van der Waals surface area contributed by atoms with Crippen LogP contribution >= 0.6 is 22.7 Å². The Labute approximate surface area is 182 Å². The lowest BCUT2D eigenvalue weighted by molar-refractivity contribution is -0.115. The van der Waals surface area contributed by atoms with Crippen LogP contribution in [0.3, 0.4) is 0 Å². The summed E-state index contributed by atoms with van der Waals surface area (Å²) in [6.07, 6.45) is 0.194. The van der Waals surface area contributed by atoms with Crippen LogP contribution in [-0.2, 0) is 16.0 Å². The zero-order valence-electron chi connectivity index (χ0n) is 17.1. The summed E-state index contributed by atoms with van der Waals surface area (Å²) in [5.41, 5.74) is 3.33. The molecule has 0 saturated carbocycles. The SMILES string of the molecule is COC(=O)c1c(NC(=O)Cc2cccs2)sc(C(=O)Nc2cc(C)ccc2C)c1C. The van der Waals surface area contributed by atoms with E-state index < -0.39 is 5.97 Å². The Morgan fingerprint density at radius 3 is 2.50 bits per heavy atom. The monoisotopic (exact) mass is 442 g/mol. The number of benzene rings is 1. The van der Waals surface area contributed by atoms with Crippen LogP contribution in [0.4, 0.5) is 10.7 Å². The molecule has 0 bridgehead atoms. The number of rotatable bonds is 6. The van der Waals surface area contributed by atoms with E-state index >= 15 is 0 Å². The van der Waals surface area contributed by atoms with Crippen molar-refractivity contribution in [3.63, 3.8) is 0 Å². The number of amides is 2. The van der Waals surface area contributed by atoms with Gasteiger partial charge >= 0.3 is 5.97 Å². The third kappa shape index (κ3) is 4.77. The summed E-state index contributed by atoms with van der Waals surface area (Å²) in [7, 11) is 1.27. The Morgan fingerprint density at radius 2 is 1.83 bits per heavy atom. The van der Waals surface area contributed by atoms with Gasteiger partial charge in [0.25, 0.3) is 5.91 Å². The molecule has 3 aromatic rings. The highest BCUT2D eigenvalue weighted by molar-refractivity contribution is 7.19. The van der Waals surface area contributed by atoms with Gasteiger partial charge in [-0.25, -0.2) is 4.79 Å². The quantitative estimate of drug-likeness (QED) is 0.529. The number of hydrogen-bond donors (Lipinski definition) is 2. The van der Waals surface area contributed by atoms with Crippen molar-refractivity contribution in [2.24, 2.45) is 0 Å². The van der Waals surface area contributed by atoms with Gasteiger partial charge in [0.05, 0.1) is 24.0 Å². The van der Waals surface area contributed by atoms with Gasteiger partial charge in [-0.05, 0) is 55.0 Å². The molecular formula is C22H22N2O4S2. The fraction of sp³-hybridized carbons (Fsp3) is 0.227. The van der Waals surface area contributed by atoms with Crippen molar-refractivity contribution in [2.45, 2.75) is 27.2 Å². The molecule has 1 aromatic carbocycles. The number of anilines is 2. The van der Waals surface area contributed by atoms with Crippen molar-refractivity contribution >= 4 is 51.1 Å². The van der Waals surface area contributed by atoms with E-state index in [9.17, 15) is 14.4 Å². The third-order valence-corrected chi connectivity index (χ3v) is 6.63. The molecule has 156 valence electrons. The van der Waals surface area contributed by atoms with Crippen LogP contribution in [-0.4, -0.2) is 24.9 Å². The number of thiophene rings is 2. The summed E-state index contributed by atoms with van der Waals surface area (Å²) in [6, 6.07) is 9.54. The molecule has 0 radical (unpaired) electrons. The van der Waals surface area contributed by atoms with Gasteiger partial charge in [-0.1, -0.05) is 18.2 Å². The van der Waals surface area contributed by atoms with E-state index in [1.165, 1.54) is 18.4 Å². The summed E-state index contributed by atoms with van der Waals surface area (Å²) >= 11 is 2.55. The van der Waals surface area contributed by atoms with E-state index in [4.69, 9.17) is 4.74 Å². The highest BCUT2D eigenvalue weighted by Gasteiger charge is 2.26. The molecule has 0 aliphatic heterocycles. The lowest BCUT2D eigenvalue weighted by Crippen LogP contribution is -2.15. The lowest BCUT2D eigenvalue weighted by Gasteiger charge is -2.09. The normalized spacial score (nSPS) is 10.5. The Bertz CT molecular complexity index is 1100. The minimum Gasteiger partial charge on any atom is -0.465 e. The second-order valence-corrected chi connectivity index (χ2v) is 8.88. The maximum atomic E-state index is 13.0. The van der Waals surface area contributed by atoms with E-state index in [2.05, 4.69) is 10.6 Å². The molecule has 0 spiro atoms. The molecule has 30 heavy (non-hydrogen) atoms. The maximum Gasteiger partial charge on any atom is 0.341 e. The van der Waals surface area contributed by atoms with Crippen LogP contribution in [0.1, 0.15) is 41.6 Å². The first-order chi connectivity index (χ1) is 14.3. The molecule has 2 N–H and O–H groups in total. The van der Waals surface area contributed by atoms with Gasteiger partial charge in [-0.15, -0.1) is 22.7 Å². The van der Waals surface area contributed by atoms with Crippen molar-refractivity contribution in [1.29, 1.82) is 0 Å². The lowest BCUT2D eigenvalue weighted by atomic mass is 10.1. The fourth-order valence-electron chi connectivity index (χ4n) is 2.96. The molecule has 6 nitrogen and oxygen atoms in total. The average Bonchev–Trinajstić information content (AvgIpc) is 3.31. The van der Waals surface area contributed by atoms with Gasteiger partial charge in [0.1, 0.15) is 5.00 Å². The summed E-state index contributed by atoms with van der Waals surface area (Å²) in [6.45, 7) is 5.53. The number of hydrogen-bond acceptors (Lipinski definition) is 6. The standard InChI is InChI=1S/C22H22N2O4S2/c1-12-7-8-13(2)16(10-12)23-20(26)19-14(3)18(22(27)28-4)21(30-19)24-17(25)11-15-6-5-9-29-15/h5-10H,11H2,1-4H3,(H,23,26)(H,24,25). The molecule has 0 atom stereocenters. The topological polar surface area (TPSA) is 84.5 Å². The van der Waals surface area contributed by atoms with Crippen LogP contribution in [0.25, 0.3) is 0 Å². The van der Waals surface area contributed by atoms with Crippen molar-refractivity contribution < 1.29 is 19.1 Å². The number of carbonyl (C=O) groups is 3. The summed E-state index contributed by atoms with van der Waals surface area (Å²) in [4.78, 5) is 39.0. The summed E-state index contributed by atoms with van der Waals surface area (Å²) < 4.78 is 4.88. The largest absolute Gasteiger partial charge is 0.465 e. The highest BCUT2D eigenvalue weighted by atomic mass is 32.1. The molecule has 0 saturated heterocycles. The summed E-state index contributed by atoms with van der Waals surface area (Å²) in [5, 5.41) is 7.88. The predicted octanol–water partition coefficient (Wildman–Crippen LogP) is 4.95. The maximum absolute atomic E-state index is 13.0. The van der Waals surface area contributed by atoms with Crippen LogP contribution in [0.5, 0.6) is 0 Å². The van der Waals surface area contributed by atoms with Gasteiger partial charge < -0.3 is 15.4 Å². The Hall–Kier alpha value is -2.97. The number of aryl methyl sites for hydroxylation is 2. The zero-order chi connectivity index (χ0) is 21.8. The Balaban J connectivity index is 1.89. The molecule has 8 heteroatoms. The van der Waals surface area contributed by atoms with Crippen LogP contribution < -0.4 is 10.6 Å². The number of esters is 1. The minimum absolute atomic E-state index is 0.194. The highest BCUT2D eigenvalue weighted by Crippen LogP contribution is 2.34.